The van der Waals surface area contributed by atoms with Gasteiger partial charge in [0.1, 0.15) is 6.04 Å². The van der Waals surface area contributed by atoms with Gasteiger partial charge in [-0.3, -0.25) is 18.8 Å². The fraction of sp³-hybridized carbons (Fsp3) is 0.250. The van der Waals surface area contributed by atoms with E-state index in [1.54, 1.807) is 38.1 Å². The van der Waals surface area contributed by atoms with Gasteiger partial charge in [-0.2, -0.15) is 4.72 Å². The monoisotopic (exact) mass is 528 g/mol. The van der Waals surface area contributed by atoms with E-state index in [9.17, 15) is 27.9 Å². The Hall–Kier alpha value is -4.23. The van der Waals surface area contributed by atoms with Crippen LogP contribution in [0.3, 0.4) is 0 Å². The zero-order chi connectivity index (χ0) is 27.5. The summed E-state index contributed by atoms with van der Waals surface area (Å²) in [6.07, 6.45) is 1.54. The van der Waals surface area contributed by atoms with Crippen molar-refractivity contribution < 1.29 is 23.1 Å². The number of aliphatic imine (C=N–C) groups is 1. The van der Waals surface area contributed by atoms with Crippen molar-refractivity contribution in [2.75, 3.05) is 6.54 Å². The number of carbonyl (C=O) groups is 2. The summed E-state index contributed by atoms with van der Waals surface area (Å²) in [5, 5.41) is 12.0. The minimum Gasteiger partial charge on any atom is -0.480 e. The molecule has 3 rings (SSSR count). The van der Waals surface area contributed by atoms with Crippen LogP contribution in [-0.2, 0) is 21.4 Å². The molecule has 12 nitrogen and oxygen atoms in total. The van der Waals surface area contributed by atoms with Gasteiger partial charge in [-0.15, -0.1) is 0 Å². The summed E-state index contributed by atoms with van der Waals surface area (Å²) in [6, 6.07) is 7.55. The van der Waals surface area contributed by atoms with Gasteiger partial charge >= 0.3 is 5.97 Å². The Bertz CT molecular complexity index is 1550. The van der Waals surface area contributed by atoms with Crippen LogP contribution in [0.25, 0.3) is 5.52 Å². The lowest BCUT2D eigenvalue weighted by Crippen LogP contribution is -2.48. The molecular formula is C24H28N6O6S. The van der Waals surface area contributed by atoms with Gasteiger partial charge in [0.2, 0.25) is 10.0 Å². The lowest BCUT2D eigenvalue weighted by molar-refractivity contribution is -0.138. The highest BCUT2D eigenvalue weighted by Gasteiger charge is 2.28. The Labute approximate surface area is 213 Å². The Morgan fingerprint density at radius 3 is 2.32 bits per heavy atom. The van der Waals surface area contributed by atoms with E-state index in [1.807, 2.05) is 6.92 Å². The molecule has 0 fully saturated rings. The molecule has 1 aromatic carbocycles. The number of hydrogen-bond donors (Lipinski definition) is 5. The Kier molecular flexibility index (Phi) is 7.99. The number of carbonyl (C=O) groups excluding carboxylic acids is 1. The SMILES string of the molecule is Cc1cc(C)c(S(=O)(=O)N[C@@H](CNC(=O)c2cc(=O)n3cc(CN=C(N)N)ccc3c2)C(=O)O)c(C)c1. The van der Waals surface area contributed by atoms with Crippen LogP contribution in [0.1, 0.15) is 32.6 Å². The number of nitrogens with one attached hydrogen (secondary N) is 2. The maximum Gasteiger partial charge on any atom is 0.323 e. The van der Waals surface area contributed by atoms with E-state index in [0.717, 1.165) is 11.6 Å². The molecule has 1 amide bonds. The number of amides is 1. The predicted octanol–water partition coefficient (Wildman–Crippen LogP) is 0.160. The molecule has 1 atom stereocenters. The van der Waals surface area contributed by atoms with Crippen LogP contribution in [-0.4, -0.2) is 48.3 Å². The Morgan fingerprint density at radius 2 is 1.73 bits per heavy atom. The zero-order valence-electron chi connectivity index (χ0n) is 20.5. The van der Waals surface area contributed by atoms with E-state index >= 15 is 0 Å². The first kappa shape index (κ1) is 27.4. The fourth-order valence-corrected chi connectivity index (χ4v) is 5.63. The smallest absolute Gasteiger partial charge is 0.323 e. The topological polar surface area (TPSA) is 198 Å². The van der Waals surface area contributed by atoms with Gasteiger partial charge in [0.15, 0.2) is 5.96 Å². The largest absolute Gasteiger partial charge is 0.480 e. The maximum atomic E-state index is 13.0. The lowest BCUT2D eigenvalue weighted by atomic mass is 10.1. The number of aryl methyl sites for hydroxylation is 3. The quantitative estimate of drug-likeness (QED) is 0.191. The molecule has 0 radical (unpaired) electrons. The van der Waals surface area contributed by atoms with Gasteiger partial charge in [-0.1, -0.05) is 23.8 Å². The summed E-state index contributed by atoms with van der Waals surface area (Å²) >= 11 is 0. The number of aliphatic carboxylic acids is 1. The molecule has 0 spiro atoms. The summed E-state index contributed by atoms with van der Waals surface area (Å²) in [4.78, 5) is 41.0. The van der Waals surface area contributed by atoms with Gasteiger partial charge in [-0.05, 0) is 49.6 Å². The second kappa shape index (κ2) is 10.8. The third-order valence-corrected chi connectivity index (χ3v) is 7.28. The first-order chi connectivity index (χ1) is 17.3. The highest BCUT2D eigenvalue weighted by atomic mass is 32.2. The second-order valence-electron chi connectivity index (χ2n) is 8.61. The van der Waals surface area contributed by atoms with Crippen LogP contribution in [0, 0.1) is 20.8 Å². The van der Waals surface area contributed by atoms with E-state index in [1.165, 1.54) is 16.7 Å². The van der Waals surface area contributed by atoms with Crippen molar-refractivity contribution in [1.82, 2.24) is 14.4 Å². The van der Waals surface area contributed by atoms with E-state index in [2.05, 4.69) is 15.0 Å². The minimum absolute atomic E-state index is 0.0146. The third-order valence-electron chi connectivity index (χ3n) is 5.50. The molecule has 0 saturated carbocycles. The third kappa shape index (κ3) is 6.51. The lowest BCUT2D eigenvalue weighted by Gasteiger charge is -2.18. The number of rotatable bonds is 9. The molecular weight excluding hydrogens is 500 g/mol. The van der Waals surface area contributed by atoms with Crippen molar-refractivity contribution in [2.24, 2.45) is 16.5 Å². The van der Waals surface area contributed by atoms with Crippen LogP contribution in [0.2, 0.25) is 0 Å². The molecule has 3 aromatic rings. The molecule has 0 aliphatic rings. The number of aromatic nitrogens is 1. The number of carboxylic acid groups (broad SMARTS) is 1. The number of carboxylic acids is 1. The van der Waals surface area contributed by atoms with Gasteiger partial charge in [0.05, 0.1) is 11.4 Å². The van der Waals surface area contributed by atoms with Crippen LogP contribution in [0.5, 0.6) is 0 Å². The van der Waals surface area contributed by atoms with Crippen molar-refractivity contribution in [3.05, 3.63) is 80.8 Å². The average molecular weight is 529 g/mol. The van der Waals surface area contributed by atoms with Gasteiger partial charge in [-0.25, -0.2) is 13.4 Å². The van der Waals surface area contributed by atoms with Crippen LogP contribution in [0.4, 0.5) is 0 Å². The van der Waals surface area contributed by atoms with E-state index < -0.39 is 40.0 Å². The predicted molar refractivity (Wildman–Crippen MR) is 138 cm³/mol. The zero-order valence-corrected chi connectivity index (χ0v) is 21.3. The first-order valence-electron chi connectivity index (χ1n) is 11.1. The summed E-state index contributed by atoms with van der Waals surface area (Å²) in [6.45, 7) is 4.68. The molecule has 7 N–H and O–H groups in total. The first-order valence-corrected chi connectivity index (χ1v) is 12.6. The Morgan fingerprint density at radius 1 is 1.08 bits per heavy atom. The summed E-state index contributed by atoms with van der Waals surface area (Å²) < 4.78 is 29.4. The fourth-order valence-electron chi connectivity index (χ4n) is 3.99. The molecule has 0 unspecified atom stereocenters. The van der Waals surface area contributed by atoms with E-state index in [4.69, 9.17) is 11.5 Å². The number of benzene rings is 1. The van der Waals surface area contributed by atoms with Gasteiger partial charge in [0, 0.05) is 29.9 Å². The summed E-state index contributed by atoms with van der Waals surface area (Å²) in [5.41, 5.74) is 13.0. The standard InChI is InChI=1S/C24H28N6O6S/c1-13-6-14(2)21(15(3)7-13)37(35,36)29-19(23(33)34)11-27-22(32)17-8-18-5-4-16(10-28-24(25)26)12-30(18)20(31)9-17/h4-9,12,19,29H,10-11H2,1-3H3,(H,27,32)(H,33,34)(H4,25,26,28)/t19-/m0/s1. The van der Waals surface area contributed by atoms with E-state index in [0.29, 0.717) is 22.2 Å². The number of guanidine groups is 1. The summed E-state index contributed by atoms with van der Waals surface area (Å²) in [5.74, 6) is -2.30. The Balaban J connectivity index is 1.79. The van der Waals surface area contributed by atoms with Crippen LogP contribution < -0.4 is 27.1 Å². The van der Waals surface area contributed by atoms with E-state index in [-0.39, 0.29) is 23.0 Å². The minimum atomic E-state index is -4.21. The highest BCUT2D eigenvalue weighted by Crippen LogP contribution is 2.22. The molecule has 196 valence electrons. The average Bonchev–Trinajstić information content (AvgIpc) is 2.79. The maximum absolute atomic E-state index is 13.0. The van der Waals surface area contributed by atoms with Crippen molar-refractivity contribution in [1.29, 1.82) is 0 Å². The molecule has 2 heterocycles. The molecule has 37 heavy (non-hydrogen) atoms. The number of pyridine rings is 2. The van der Waals surface area contributed by atoms with Gasteiger partial charge < -0.3 is 21.9 Å². The normalized spacial score (nSPS) is 12.2. The molecule has 0 aliphatic carbocycles. The number of fused-ring (bicyclic) bond motifs is 1. The summed E-state index contributed by atoms with van der Waals surface area (Å²) in [7, 11) is -4.21. The molecule has 0 saturated heterocycles. The number of hydrogen-bond acceptors (Lipinski definition) is 6. The molecule has 13 heteroatoms. The van der Waals surface area contributed by atoms with Crippen LogP contribution >= 0.6 is 0 Å². The molecule has 0 bridgehead atoms. The number of nitrogens with two attached hydrogens (primary N) is 2. The highest BCUT2D eigenvalue weighted by molar-refractivity contribution is 7.89. The number of nitrogens with zero attached hydrogens (tertiary/aromatic N) is 2. The van der Waals surface area contributed by atoms with Crippen molar-refractivity contribution in [3.63, 3.8) is 0 Å². The van der Waals surface area contributed by atoms with Crippen molar-refractivity contribution >= 4 is 33.4 Å². The van der Waals surface area contributed by atoms with Crippen LogP contribution in [0.15, 0.2) is 57.3 Å². The molecule has 2 aromatic heterocycles. The number of sulfonamides is 1. The van der Waals surface area contributed by atoms with Crippen molar-refractivity contribution in [3.8, 4) is 0 Å². The second-order valence-corrected chi connectivity index (χ2v) is 10.3. The van der Waals surface area contributed by atoms with Gasteiger partial charge in [0.25, 0.3) is 11.5 Å². The van der Waals surface area contributed by atoms with Crippen molar-refractivity contribution in [2.45, 2.75) is 38.3 Å². The molecule has 0 aliphatic heterocycles.